The number of nitrogens with zero attached hydrogens (tertiary/aromatic N) is 4. The molecule has 0 saturated carbocycles. The first-order valence-electron chi connectivity index (χ1n) is 8.77. The normalized spacial score (nSPS) is 20.3. The van der Waals surface area contributed by atoms with Crippen molar-refractivity contribution in [3.63, 3.8) is 0 Å². The van der Waals surface area contributed by atoms with Gasteiger partial charge < -0.3 is 14.2 Å². The van der Waals surface area contributed by atoms with E-state index >= 15 is 0 Å². The van der Waals surface area contributed by atoms with Gasteiger partial charge in [0, 0.05) is 26.2 Å². The number of furan rings is 1. The van der Waals surface area contributed by atoms with Crippen LogP contribution >= 0.6 is 0 Å². The molecule has 1 N–H and O–H groups in total. The number of guanidine groups is 1. The second-order valence-corrected chi connectivity index (χ2v) is 6.36. The summed E-state index contributed by atoms with van der Waals surface area (Å²) in [4.78, 5) is 21.0. The zero-order valence-corrected chi connectivity index (χ0v) is 14.6. The molecule has 0 bridgehead atoms. The Bertz CT molecular complexity index is 821. The van der Waals surface area contributed by atoms with Gasteiger partial charge in [-0.1, -0.05) is 30.3 Å². The van der Waals surface area contributed by atoms with Crippen LogP contribution in [0.15, 0.2) is 63.2 Å². The SMILES string of the molecule is CC1N=C(N2CCN(C(=O)c3ccco3)CC2)NN=C1c1ccccc1. The molecule has 134 valence electrons. The molecule has 3 heterocycles. The minimum Gasteiger partial charge on any atom is -0.459 e. The fraction of sp³-hybridized carbons (Fsp3) is 0.316. The molecule has 1 saturated heterocycles. The van der Waals surface area contributed by atoms with Crippen LogP contribution in [-0.4, -0.2) is 59.6 Å². The van der Waals surface area contributed by atoms with E-state index in [0.717, 1.165) is 17.2 Å². The average molecular weight is 351 g/mol. The minimum absolute atomic E-state index is 0.0172. The second kappa shape index (κ2) is 7.03. The van der Waals surface area contributed by atoms with Gasteiger partial charge in [0.25, 0.3) is 5.91 Å². The molecule has 7 nitrogen and oxygen atoms in total. The Balaban J connectivity index is 1.38. The first-order valence-corrected chi connectivity index (χ1v) is 8.77. The Morgan fingerprint density at radius 3 is 2.54 bits per heavy atom. The molecular formula is C19H21N5O2. The lowest BCUT2D eigenvalue weighted by molar-refractivity contribution is 0.0657. The molecule has 1 aromatic heterocycles. The maximum atomic E-state index is 12.3. The molecule has 0 aliphatic carbocycles. The molecule has 0 radical (unpaired) electrons. The van der Waals surface area contributed by atoms with Crippen LogP contribution in [0, 0.1) is 0 Å². The molecule has 2 aliphatic rings. The van der Waals surface area contributed by atoms with E-state index in [4.69, 9.17) is 9.41 Å². The highest BCUT2D eigenvalue weighted by Gasteiger charge is 2.27. The molecule has 7 heteroatoms. The predicted molar refractivity (Wildman–Crippen MR) is 99.2 cm³/mol. The van der Waals surface area contributed by atoms with E-state index in [1.807, 2.05) is 37.3 Å². The summed E-state index contributed by atoms with van der Waals surface area (Å²) in [6.45, 7) is 4.72. The summed E-state index contributed by atoms with van der Waals surface area (Å²) in [5.74, 6) is 1.09. The molecular weight excluding hydrogens is 330 g/mol. The van der Waals surface area contributed by atoms with Crippen LogP contribution in [0.2, 0.25) is 0 Å². The Kier molecular flexibility index (Phi) is 4.43. The summed E-state index contributed by atoms with van der Waals surface area (Å²) in [6, 6.07) is 13.5. The Labute approximate surface area is 152 Å². The van der Waals surface area contributed by atoms with Crippen molar-refractivity contribution in [1.82, 2.24) is 15.2 Å². The molecule has 2 aromatic rings. The van der Waals surface area contributed by atoms with Gasteiger partial charge in [-0.25, -0.2) is 10.4 Å². The van der Waals surface area contributed by atoms with E-state index in [9.17, 15) is 4.79 Å². The van der Waals surface area contributed by atoms with E-state index < -0.39 is 0 Å². The summed E-state index contributed by atoms with van der Waals surface area (Å²) in [7, 11) is 0. The first-order chi connectivity index (χ1) is 12.7. The highest BCUT2D eigenvalue weighted by atomic mass is 16.3. The molecule has 1 unspecified atom stereocenters. The smallest absolute Gasteiger partial charge is 0.289 e. The van der Waals surface area contributed by atoms with E-state index in [0.29, 0.717) is 31.9 Å². The van der Waals surface area contributed by atoms with Gasteiger partial charge in [0.1, 0.15) is 0 Å². The number of hydrogen-bond donors (Lipinski definition) is 1. The third-order valence-electron chi connectivity index (χ3n) is 4.66. The third kappa shape index (κ3) is 3.20. The molecule has 1 fully saturated rings. The largest absolute Gasteiger partial charge is 0.459 e. The van der Waals surface area contributed by atoms with Gasteiger partial charge in [-0.3, -0.25) is 4.79 Å². The number of carbonyl (C=O) groups is 1. The van der Waals surface area contributed by atoms with Crippen LogP contribution in [0.5, 0.6) is 0 Å². The van der Waals surface area contributed by atoms with Crippen LogP contribution in [0.1, 0.15) is 23.0 Å². The van der Waals surface area contributed by atoms with Crippen molar-refractivity contribution >= 4 is 17.6 Å². The zero-order valence-electron chi connectivity index (χ0n) is 14.6. The number of hydrazone groups is 1. The summed E-state index contributed by atoms with van der Waals surface area (Å²) in [6.07, 6.45) is 1.52. The number of aliphatic imine (C=N–C) groups is 1. The number of nitrogens with one attached hydrogen (secondary N) is 1. The molecule has 2 aliphatic heterocycles. The Hall–Kier alpha value is -3.09. The molecule has 0 spiro atoms. The summed E-state index contributed by atoms with van der Waals surface area (Å²) in [5.41, 5.74) is 5.09. The van der Waals surface area contributed by atoms with E-state index in [-0.39, 0.29) is 11.9 Å². The zero-order chi connectivity index (χ0) is 17.9. The lowest BCUT2D eigenvalue weighted by Crippen LogP contribution is -2.54. The van der Waals surface area contributed by atoms with E-state index in [2.05, 4.69) is 15.4 Å². The van der Waals surface area contributed by atoms with Crippen molar-refractivity contribution < 1.29 is 9.21 Å². The van der Waals surface area contributed by atoms with Gasteiger partial charge in [-0.05, 0) is 24.6 Å². The van der Waals surface area contributed by atoms with Crippen molar-refractivity contribution in [3.05, 3.63) is 60.1 Å². The number of amides is 1. The Morgan fingerprint density at radius 2 is 1.88 bits per heavy atom. The van der Waals surface area contributed by atoms with Crippen LogP contribution in [0.3, 0.4) is 0 Å². The fourth-order valence-corrected chi connectivity index (χ4v) is 3.22. The van der Waals surface area contributed by atoms with E-state index in [1.165, 1.54) is 6.26 Å². The molecule has 1 amide bonds. The first kappa shape index (κ1) is 16.4. The van der Waals surface area contributed by atoms with Crippen molar-refractivity contribution in [3.8, 4) is 0 Å². The number of benzene rings is 1. The molecule has 1 aromatic carbocycles. The van der Waals surface area contributed by atoms with Crippen LogP contribution in [0.25, 0.3) is 0 Å². The highest BCUT2D eigenvalue weighted by Crippen LogP contribution is 2.13. The third-order valence-corrected chi connectivity index (χ3v) is 4.66. The van der Waals surface area contributed by atoms with Crippen molar-refractivity contribution in [1.29, 1.82) is 0 Å². The number of carbonyl (C=O) groups excluding carboxylic acids is 1. The van der Waals surface area contributed by atoms with Gasteiger partial charge in [-0.2, -0.15) is 5.10 Å². The summed E-state index contributed by atoms with van der Waals surface area (Å²) < 4.78 is 5.20. The number of rotatable bonds is 2. The molecule has 4 rings (SSSR count). The van der Waals surface area contributed by atoms with E-state index in [1.54, 1.807) is 17.0 Å². The van der Waals surface area contributed by atoms with Gasteiger partial charge in [0.15, 0.2) is 5.76 Å². The summed E-state index contributed by atoms with van der Waals surface area (Å²) in [5, 5.41) is 4.53. The lowest BCUT2D eigenvalue weighted by atomic mass is 10.0. The lowest BCUT2D eigenvalue weighted by Gasteiger charge is -2.36. The standard InChI is InChI=1S/C19H21N5O2/c1-14-17(15-6-3-2-4-7-15)21-22-19(20-14)24-11-9-23(10-12-24)18(25)16-8-5-13-26-16/h2-8,13-14H,9-12H2,1H3,(H,20,22). The monoisotopic (exact) mass is 351 g/mol. The second-order valence-electron chi connectivity index (χ2n) is 6.36. The van der Waals surface area contributed by atoms with Gasteiger partial charge in [0.05, 0.1) is 18.0 Å². The predicted octanol–water partition coefficient (Wildman–Crippen LogP) is 1.79. The van der Waals surface area contributed by atoms with Gasteiger partial charge in [-0.15, -0.1) is 0 Å². The molecule has 1 atom stereocenters. The minimum atomic E-state index is -0.0639. The average Bonchev–Trinajstić information content (AvgIpc) is 3.23. The number of piperazine rings is 1. The summed E-state index contributed by atoms with van der Waals surface area (Å²) >= 11 is 0. The van der Waals surface area contributed by atoms with Crippen molar-refractivity contribution in [2.45, 2.75) is 13.0 Å². The molecule has 26 heavy (non-hydrogen) atoms. The van der Waals surface area contributed by atoms with Gasteiger partial charge in [0.2, 0.25) is 5.96 Å². The Morgan fingerprint density at radius 1 is 1.12 bits per heavy atom. The highest BCUT2D eigenvalue weighted by molar-refractivity contribution is 6.07. The fourth-order valence-electron chi connectivity index (χ4n) is 3.22. The van der Waals surface area contributed by atoms with Crippen LogP contribution in [-0.2, 0) is 0 Å². The maximum Gasteiger partial charge on any atom is 0.289 e. The van der Waals surface area contributed by atoms with Crippen LogP contribution in [0.4, 0.5) is 0 Å². The topological polar surface area (TPSA) is 73.4 Å². The van der Waals surface area contributed by atoms with Crippen molar-refractivity contribution in [2.24, 2.45) is 10.1 Å². The maximum absolute atomic E-state index is 12.3. The number of hydrogen-bond acceptors (Lipinski definition) is 6. The quantitative estimate of drug-likeness (QED) is 0.895. The van der Waals surface area contributed by atoms with Gasteiger partial charge >= 0.3 is 0 Å². The van der Waals surface area contributed by atoms with Crippen LogP contribution < -0.4 is 5.43 Å². The van der Waals surface area contributed by atoms with Crippen molar-refractivity contribution in [2.75, 3.05) is 26.2 Å².